The minimum atomic E-state index is -2.59. The van der Waals surface area contributed by atoms with E-state index in [2.05, 4.69) is 4.18 Å². The van der Waals surface area contributed by atoms with Crippen molar-refractivity contribution in [2.45, 2.75) is 0 Å². The maximum absolute atomic E-state index is 10.2. The van der Waals surface area contributed by atoms with Gasteiger partial charge in [-0.2, -0.15) is 0 Å². The second-order valence-corrected chi connectivity index (χ2v) is 2.55. The summed E-state index contributed by atoms with van der Waals surface area (Å²) >= 11 is -2.59. The summed E-state index contributed by atoms with van der Waals surface area (Å²) in [5.74, 6) is 0.132. The van der Waals surface area contributed by atoms with Gasteiger partial charge in [-0.05, 0) is 12.1 Å². The summed E-state index contributed by atoms with van der Waals surface area (Å²) < 4.78 is 24.4. The highest BCUT2D eigenvalue weighted by Crippen LogP contribution is 2.12. The van der Waals surface area contributed by atoms with E-state index < -0.39 is 11.4 Å². The van der Waals surface area contributed by atoms with Crippen molar-refractivity contribution < 1.29 is 17.7 Å². The average Bonchev–Trinajstić information content (AvgIpc) is 2.03. The molecule has 0 aliphatic heterocycles. The Morgan fingerprint density at radius 2 is 2.25 bits per heavy atom. The molecule has 1 aromatic carbocycles. The van der Waals surface area contributed by atoms with Gasteiger partial charge in [-0.15, -0.1) is 0 Å². The Hall–Kier alpha value is -1.20. The Balaban J connectivity index is 2.86. The van der Waals surface area contributed by atoms with Crippen LogP contribution >= 0.6 is 0 Å². The van der Waals surface area contributed by atoms with Gasteiger partial charge in [-0.3, -0.25) is 4.79 Å². The van der Waals surface area contributed by atoms with E-state index in [0.717, 1.165) is 0 Å². The Morgan fingerprint density at radius 3 is 2.83 bits per heavy atom. The quantitative estimate of drug-likeness (QED) is 0.512. The topological polar surface area (TPSA) is 66.4 Å². The first-order valence-corrected chi connectivity index (χ1v) is 4.05. The van der Waals surface area contributed by atoms with Crippen LogP contribution in [0.25, 0.3) is 0 Å². The van der Waals surface area contributed by atoms with Crippen LogP contribution in [0.5, 0.6) is 5.75 Å². The Kier molecular flexibility index (Phi) is 2.95. The Bertz CT molecular complexity index is 310. The van der Waals surface area contributed by atoms with E-state index in [4.69, 9.17) is 0 Å². The number of benzene rings is 1. The summed E-state index contributed by atoms with van der Waals surface area (Å²) in [4.78, 5) is 10.2. The average molecular weight is 185 g/mol. The molecule has 0 bridgehead atoms. The highest BCUT2D eigenvalue weighted by Gasteiger charge is 1.94. The van der Waals surface area contributed by atoms with Crippen molar-refractivity contribution in [3.63, 3.8) is 0 Å². The third-order valence-corrected chi connectivity index (χ3v) is 1.49. The molecule has 1 atom stereocenters. The molecule has 0 aliphatic rings. The molecule has 0 amide bonds. The zero-order valence-electron chi connectivity index (χ0n) is 5.93. The van der Waals surface area contributed by atoms with Crippen LogP contribution in [0.2, 0.25) is 0 Å². The first kappa shape index (κ1) is 8.89. The first-order valence-electron chi connectivity index (χ1n) is 3.05. The fourth-order valence-electron chi connectivity index (χ4n) is 0.718. The molecule has 12 heavy (non-hydrogen) atoms. The van der Waals surface area contributed by atoms with Crippen molar-refractivity contribution in [3.8, 4) is 5.75 Å². The molecule has 0 saturated carbocycles. The number of carbonyl (C=O) groups is 1. The number of aldehydes is 1. The summed E-state index contributed by atoms with van der Waals surface area (Å²) in [5.41, 5.74) is 0.373. The third-order valence-electron chi connectivity index (χ3n) is 1.16. The van der Waals surface area contributed by atoms with Crippen molar-refractivity contribution >= 4 is 17.6 Å². The van der Waals surface area contributed by atoms with Crippen molar-refractivity contribution in [2.75, 3.05) is 0 Å². The van der Waals surface area contributed by atoms with Gasteiger partial charge in [-0.25, -0.2) is 4.21 Å². The zero-order chi connectivity index (χ0) is 8.97. The van der Waals surface area contributed by atoms with Gasteiger partial charge in [0.2, 0.25) is 0 Å². The fraction of sp³-hybridized carbons (Fsp3) is 0. The summed E-state index contributed by atoms with van der Waals surface area (Å²) in [6, 6.07) is 5.87. The molecule has 0 radical (unpaired) electrons. The minimum absolute atomic E-state index is 0.132. The second-order valence-electron chi connectivity index (χ2n) is 1.98. The molecule has 0 spiro atoms. The van der Waals surface area contributed by atoms with Crippen LogP contribution in [0.4, 0.5) is 0 Å². The molecule has 0 heterocycles. The summed E-state index contributed by atoms with van der Waals surface area (Å²) in [6.07, 6.45) is 0.612. The van der Waals surface area contributed by atoms with E-state index in [-0.39, 0.29) is 5.75 Å². The van der Waals surface area contributed by atoms with Gasteiger partial charge in [0.05, 0.1) is 0 Å². The fourth-order valence-corrected chi connectivity index (χ4v) is 0.979. The maximum Gasteiger partial charge on any atom is 0.150 e. The van der Waals surface area contributed by atoms with Crippen molar-refractivity contribution in [1.82, 2.24) is 0 Å². The van der Waals surface area contributed by atoms with Crippen LogP contribution in [0, 0.1) is 0 Å². The van der Waals surface area contributed by atoms with Crippen LogP contribution in [0.3, 0.4) is 0 Å². The van der Waals surface area contributed by atoms with E-state index >= 15 is 0 Å². The minimum Gasteiger partial charge on any atom is -0.740 e. The standard InChI is InChI=1S/C7H6O4S/c8-5-6-2-1-3-7(4-6)11-12(9)10/h1-5H,(H,9,10)/p-1. The van der Waals surface area contributed by atoms with Gasteiger partial charge in [0.25, 0.3) is 0 Å². The van der Waals surface area contributed by atoms with Gasteiger partial charge in [0.15, 0.2) is 0 Å². The molecular formula is C7H5O4S-. The Morgan fingerprint density at radius 1 is 1.50 bits per heavy atom. The predicted octanol–water partition coefficient (Wildman–Crippen LogP) is 0.672. The SMILES string of the molecule is O=Cc1cccc(OS(=O)[O-])c1. The molecule has 4 nitrogen and oxygen atoms in total. The van der Waals surface area contributed by atoms with E-state index in [1.165, 1.54) is 18.2 Å². The molecule has 0 fully saturated rings. The lowest BCUT2D eigenvalue weighted by molar-refractivity contribution is 0.112. The molecule has 64 valence electrons. The summed E-state index contributed by atoms with van der Waals surface area (Å²) in [5, 5.41) is 0. The molecule has 1 rings (SSSR count). The van der Waals surface area contributed by atoms with Gasteiger partial charge < -0.3 is 8.74 Å². The van der Waals surface area contributed by atoms with E-state index in [0.29, 0.717) is 11.8 Å². The van der Waals surface area contributed by atoms with Gasteiger partial charge in [0.1, 0.15) is 23.4 Å². The maximum atomic E-state index is 10.2. The predicted molar refractivity (Wildman–Crippen MR) is 41.4 cm³/mol. The largest absolute Gasteiger partial charge is 0.740 e. The van der Waals surface area contributed by atoms with E-state index in [9.17, 15) is 13.6 Å². The lowest BCUT2D eigenvalue weighted by Crippen LogP contribution is -1.97. The first-order chi connectivity index (χ1) is 5.72. The lowest BCUT2D eigenvalue weighted by Gasteiger charge is -2.06. The van der Waals surface area contributed by atoms with Crippen LogP contribution in [0.15, 0.2) is 24.3 Å². The van der Waals surface area contributed by atoms with Crippen molar-refractivity contribution in [1.29, 1.82) is 0 Å². The number of rotatable bonds is 3. The smallest absolute Gasteiger partial charge is 0.150 e. The molecule has 1 unspecified atom stereocenters. The monoisotopic (exact) mass is 185 g/mol. The van der Waals surface area contributed by atoms with Gasteiger partial charge in [-0.1, -0.05) is 12.1 Å². The number of hydrogen-bond donors (Lipinski definition) is 0. The Labute approximate surface area is 71.7 Å². The third kappa shape index (κ3) is 2.44. The van der Waals surface area contributed by atoms with Crippen molar-refractivity contribution in [2.24, 2.45) is 0 Å². The summed E-state index contributed by atoms with van der Waals surface area (Å²) in [6.45, 7) is 0. The van der Waals surface area contributed by atoms with Crippen LogP contribution < -0.4 is 4.18 Å². The molecule has 1 aromatic rings. The molecule has 5 heteroatoms. The number of carbonyl (C=O) groups excluding carboxylic acids is 1. The number of hydrogen-bond acceptors (Lipinski definition) is 4. The highest BCUT2D eigenvalue weighted by atomic mass is 32.2. The van der Waals surface area contributed by atoms with Crippen LogP contribution in [-0.4, -0.2) is 15.0 Å². The van der Waals surface area contributed by atoms with E-state index in [1.807, 2.05) is 0 Å². The lowest BCUT2D eigenvalue weighted by atomic mass is 10.2. The molecule has 0 aliphatic carbocycles. The molecule has 0 N–H and O–H groups in total. The molecular weight excluding hydrogens is 180 g/mol. The molecule has 0 saturated heterocycles. The van der Waals surface area contributed by atoms with Gasteiger partial charge >= 0.3 is 0 Å². The van der Waals surface area contributed by atoms with Crippen LogP contribution in [-0.2, 0) is 11.4 Å². The molecule has 0 aromatic heterocycles. The summed E-state index contributed by atoms with van der Waals surface area (Å²) in [7, 11) is 0. The van der Waals surface area contributed by atoms with Gasteiger partial charge in [0, 0.05) is 5.56 Å². The highest BCUT2D eigenvalue weighted by molar-refractivity contribution is 7.74. The van der Waals surface area contributed by atoms with E-state index in [1.54, 1.807) is 6.07 Å². The zero-order valence-corrected chi connectivity index (χ0v) is 6.74. The van der Waals surface area contributed by atoms with Crippen molar-refractivity contribution in [3.05, 3.63) is 29.8 Å². The van der Waals surface area contributed by atoms with Crippen LogP contribution in [0.1, 0.15) is 10.4 Å². The second kappa shape index (κ2) is 3.99. The normalized spacial score (nSPS) is 12.1.